The number of carbonyl (C=O) groups is 2. The Morgan fingerprint density at radius 2 is 1.00 bits per heavy atom. The number of carbonyl (C=O) groups excluding carboxylic acids is 2. The largest absolute Gasteiger partial charge is 0.454 e. The minimum Gasteiger partial charge on any atom is -0.454 e. The summed E-state index contributed by atoms with van der Waals surface area (Å²) in [6.07, 6.45) is 9.29. The minimum atomic E-state index is -0.288. The van der Waals surface area contributed by atoms with Crippen molar-refractivity contribution in [1.29, 1.82) is 0 Å². The van der Waals surface area contributed by atoms with Gasteiger partial charge in [-0.2, -0.15) is 10.2 Å². The molecular formula is C28H22N6O6. The van der Waals surface area contributed by atoms with Crippen molar-refractivity contribution in [2.45, 2.75) is 0 Å². The third kappa shape index (κ3) is 6.75. The Morgan fingerprint density at radius 3 is 1.43 bits per heavy atom. The molecule has 0 saturated heterocycles. The zero-order chi connectivity index (χ0) is 27.6. The van der Waals surface area contributed by atoms with Gasteiger partial charge in [-0.05, 0) is 71.8 Å². The first-order chi connectivity index (χ1) is 19.7. The number of pyridine rings is 2. The quantitative estimate of drug-likeness (QED) is 0.281. The third-order valence-corrected chi connectivity index (χ3v) is 5.44. The number of ether oxygens (including phenoxy) is 4. The maximum absolute atomic E-state index is 11.7. The van der Waals surface area contributed by atoms with Crippen LogP contribution in [0.1, 0.15) is 31.8 Å². The second kappa shape index (κ2) is 12.6. The molecule has 12 nitrogen and oxygen atoms in total. The molecule has 12 heteroatoms. The summed E-state index contributed by atoms with van der Waals surface area (Å²) in [7, 11) is 0. The van der Waals surface area contributed by atoms with Crippen LogP contribution >= 0.6 is 0 Å². The van der Waals surface area contributed by atoms with Crippen LogP contribution in [0.5, 0.6) is 23.0 Å². The molecule has 2 aromatic heterocycles. The van der Waals surface area contributed by atoms with Crippen LogP contribution < -0.4 is 29.8 Å². The summed E-state index contributed by atoms with van der Waals surface area (Å²) in [5.74, 6) is 2.20. The molecule has 2 N–H and O–H groups in total. The first kappa shape index (κ1) is 25.9. The van der Waals surface area contributed by atoms with Crippen LogP contribution in [0.4, 0.5) is 0 Å². The zero-order valence-electron chi connectivity index (χ0n) is 20.9. The maximum atomic E-state index is 11.7. The lowest BCUT2D eigenvalue weighted by molar-refractivity contribution is 0.0947. The highest BCUT2D eigenvalue weighted by Crippen LogP contribution is 2.32. The lowest BCUT2D eigenvalue weighted by atomic mass is 10.2. The summed E-state index contributed by atoms with van der Waals surface area (Å²) < 4.78 is 20.9. The van der Waals surface area contributed by atoms with Crippen LogP contribution in [0.2, 0.25) is 0 Å². The highest BCUT2D eigenvalue weighted by Gasteiger charge is 2.13. The number of rotatable bonds is 6. The molecule has 2 amide bonds. The van der Waals surface area contributed by atoms with Crippen LogP contribution in [0.3, 0.4) is 0 Å². The van der Waals surface area contributed by atoms with Gasteiger partial charge in [0.05, 0.1) is 12.4 Å². The fourth-order valence-electron chi connectivity index (χ4n) is 3.45. The summed E-state index contributed by atoms with van der Waals surface area (Å²) in [5.41, 5.74) is 7.52. The molecule has 6 rings (SSSR count). The van der Waals surface area contributed by atoms with Gasteiger partial charge >= 0.3 is 0 Å². The van der Waals surface area contributed by atoms with E-state index in [0.717, 1.165) is 11.1 Å². The first-order valence-corrected chi connectivity index (χ1v) is 11.9. The van der Waals surface area contributed by atoms with Crippen molar-refractivity contribution in [3.8, 4) is 23.0 Å². The molecule has 0 atom stereocenters. The van der Waals surface area contributed by atoms with Crippen molar-refractivity contribution in [1.82, 2.24) is 20.8 Å². The number of nitrogens with zero attached hydrogens (tertiary/aromatic N) is 4. The molecule has 0 unspecified atom stereocenters. The van der Waals surface area contributed by atoms with Gasteiger partial charge in [0.1, 0.15) is 0 Å². The second-order valence-corrected chi connectivity index (χ2v) is 8.10. The molecule has 0 aliphatic carbocycles. The molecule has 4 aromatic rings. The molecule has 0 spiro atoms. The number of aromatic nitrogens is 2. The number of amides is 2. The average Bonchev–Trinajstić information content (AvgIpc) is 3.67. The number of hydrogen-bond acceptors (Lipinski definition) is 10. The molecule has 0 saturated carbocycles. The molecule has 0 fully saturated rings. The van der Waals surface area contributed by atoms with E-state index in [9.17, 15) is 9.59 Å². The van der Waals surface area contributed by atoms with Crippen molar-refractivity contribution in [2.24, 2.45) is 10.2 Å². The predicted octanol–water partition coefficient (Wildman–Crippen LogP) is 3.15. The molecule has 2 aliphatic rings. The van der Waals surface area contributed by atoms with Crippen molar-refractivity contribution < 1.29 is 28.5 Å². The lowest BCUT2D eigenvalue weighted by Crippen LogP contribution is -2.17. The molecule has 0 bridgehead atoms. The van der Waals surface area contributed by atoms with Gasteiger partial charge in [0.2, 0.25) is 13.6 Å². The van der Waals surface area contributed by atoms with Crippen LogP contribution in [0, 0.1) is 0 Å². The van der Waals surface area contributed by atoms with E-state index in [4.69, 9.17) is 18.9 Å². The van der Waals surface area contributed by atoms with E-state index in [1.807, 2.05) is 12.1 Å². The number of hydrogen-bond donors (Lipinski definition) is 2. The Kier molecular flexibility index (Phi) is 8.17. The second-order valence-electron chi connectivity index (χ2n) is 8.10. The monoisotopic (exact) mass is 538 g/mol. The Labute approximate surface area is 228 Å². The molecule has 2 aromatic carbocycles. The first-order valence-electron chi connectivity index (χ1n) is 11.9. The summed E-state index contributed by atoms with van der Waals surface area (Å²) in [6, 6.07) is 17.3. The topological polar surface area (TPSA) is 146 Å². The minimum absolute atomic E-state index is 0.231. The van der Waals surface area contributed by atoms with Gasteiger partial charge in [-0.3, -0.25) is 19.6 Å². The fraction of sp³-hybridized carbons (Fsp3) is 0.0714. The van der Waals surface area contributed by atoms with Gasteiger partial charge in [-0.1, -0.05) is 0 Å². The van der Waals surface area contributed by atoms with Crippen molar-refractivity contribution >= 4 is 24.2 Å². The third-order valence-electron chi connectivity index (χ3n) is 5.44. The molecular weight excluding hydrogens is 516 g/mol. The van der Waals surface area contributed by atoms with E-state index in [1.165, 1.54) is 0 Å². The molecule has 200 valence electrons. The van der Waals surface area contributed by atoms with Gasteiger partial charge in [-0.25, -0.2) is 10.9 Å². The predicted molar refractivity (Wildman–Crippen MR) is 144 cm³/mol. The Balaban J connectivity index is 0.000000161. The van der Waals surface area contributed by atoms with Crippen LogP contribution in [0.15, 0.2) is 95.7 Å². The van der Waals surface area contributed by atoms with Gasteiger partial charge in [-0.15, -0.1) is 0 Å². The summed E-state index contributed by atoms with van der Waals surface area (Å²) in [4.78, 5) is 31.1. The Hall–Kier alpha value is -5.78. The molecule has 4 heterocycles. The number of fused-ring (bicyclic) bond motifs is 2. The normalized spacial score (nSPS) is 12.6. The summed E-state index contributed by atoms with van der Waals surface area (Å²) in [5, 5.41) is 7.80. The summed E-state index contributed by atoms with van der Waals surface area (Å²) in [6.45, 7) is 0.462. The average molecular weight is 539 g/mol. The maximum Gasteiger partial charge on any atom is 0.271 e. The highest BCUT2D eigenvalue weighted by molar-refractivity contribution is 5.95. The van der Waals surface area contributed by atoms with E-state index in [0.29, 0.717) is 34.1 Å². The van der Waals surface area contributed by atoms with E-state index >= 15 is 0 Å². The van der Waals surface area contributed by atoms with Crippen molar-refractivity contribution in [3.63, 3.8) is 0 Å². The number of nitrogens with one attached hydrogen (secondary N) is 2. The van der Waals surface area contributed by atoms with Crippen LogP contribution in [-0.4, -0.2) is 47.8 Å². The van der Waals surface area contributed by atoms with Gasteiger partial charge < -0.3 is 18.9 Å². The molecule has 0 radical (unpaired) electrons. The van der Waals surface area contributed by atoms with Crippen LogP contribution in [0.25, 0.3) is 0 Å². The Morgan fingerprint density at radius 1 is 0.600 bits per heavy atom. The van der Waals surface area contributed by atoms with E-state index in [1.54, 1.807) is 85.7 Å². The van der Waals surface area contributed by atoms with E-state index < -0.39 is 0 Å². The van der Waals surface area contributed by atoms with Gasteiger partial charge in [0, 0.05) is 35.9 Å². The van der Waals surface area contributed by atoms with E-state index in [2.05, 4.69) is 31.0 Å². The van der Waals surface area contributed by atoms with Crippen molar-refractivity contribution in [3.05, 3.63) is 108 Å². The number of hydrazone groups is 2. The number of benzene rings is 2. The van der Waals surface area contributed by atoms with E-state index in [-0.39, 0.29) is 25.4 Å². The molecule has 2 aliphatic heterocycles. The van der Waals surface area contributed by atoms with Crippen molar-refractivity contribution in [2.75, 3.05) is 13.6 Å². The SMILES string of the molecule is O=C(N/N=C/c1ccc2c(c1)OCO2)c1ccncc1.O=C(N/N=C/c1ccc2c(c1)OCO2)c1ccncc1. The van der Waals surface area contributed by atoms with Gasteiger partial charge in [0.15, 0.2) is 23.0 Å². The highest BCUT2D eigenvalue weighted by atomic mass is 16.7. The lowest BCUT2D eigenvalue weighted by Gasteiger charge is -1.99. The summed E-state index contributed by atoms with van der Waals surface area (Å²) >= 11 is 0. The fourth-order valence-corrected chi connectivity index (χ4v) is 3.45. The zero-order valence-corrected chi connectivity index (χ0v) is 20.9. The van der Waals surface area contributed by atoms with Gasteiger partial charge in [0.25, 0.3) is 11.8 Å². The standard InChI is InChI=1S/2C14H11N3O3/c2*18-14(11-3-5-15-6-4-11)17-16-8-10-1-2-12-13(7-10)20-9-19-12/h2*1-8H,9H2,(H,17,18)/b2*16-8+. The van der Waals surface area contributed by atoms with Crippen LogP contribution in [-0.2, 0) is 0 Å². The molecule has 40 heavy (non-hydrogen) atoms. The smallest absolute Gasteiger partial charge is 0.271 e. The Bertz CT molecular complexity index is 1430.